The predicted molar refractivity (Wildman–Crippen MR) is 54.3 cm³/mol. The van der Waals surface area contributed by atoms with Gasteiger partial charge in [0.25, 0.3) is 0 Å². The molecule has 4 heteroatoms. The molecule has 1 aliphatic carbocycles. The SMILES string of the molecule is CCCCOC(=O)C1(C(=O)O)CC=CC1. The smallest absolute Gasteiger partial charge is 0.324 e. The average Bonchev–Trinajstić information content (AvgIpc) is 2.67. The van der Waals surface area contributed by atoms with Gasteiger partial charge in [0.15, 0.2) is 5.41 Å². The first kappa shape index (κ1) is 11.8. The summed E-state index contributed by atoms with van der Waals surface area (Å²) in [6.45, 7) is 2.29. The Morgan fingerprint density at radius 2 is 2.00 bits per heavy atom. The quantitative estimate of drug-likeness (QED) is 0.326. The third-order valence-corrected chi connectivity index (χ3v) is 2.63. The lowest BCUT2D eigenvalue weighted by atomic mass is 9.86. The third-order valence-electron chi connectivity index (χ3n) is 2.63. The van der Waals surface area contributed by atoms with Crippen LogP contribution in [0.1, 0.15) is 32.6 Å². The van der Waals surface area contributed by atoms with Crippen LogP contribution in [0.4, 0.5) is 0 Å². The summed E-state index contributed by atoms with van der Waals surface area (Å²) in [5.74, 6) is -1.69. The number of unbranched alkanes of at least 4 members (excludes halogenated alkanes) is 1. The normalized spacial score (nSPS) is 17.7. The van der Waals surface area contributed by atoms with Gasteiger partial charge in [0.2, 0.25) is 0 Å². The summed E-state index contributed by atoms with van der Waals surface area (Å²) in [4.78, 5) is 22.7. The summed E-state index contributed by atoms with van der Waals surface area (Å²) in [6, 6.07) is 0. The van der Waals surface area contributed by atoms with Crippen molar-refractivity contribution in [3.63, 3.8) is 0 Å². The first-order valence-electron chi connectivity index (χ1n) is 5.19. The predicted octanol–water partition coefficient (Wildman–Crippen LogP) is 1.75. The van der Waals surface area contributed by atoms with Crippen LogP contribution in [0.15, 0.2) is 12.2 Å². The van der Waals surface area contributed by atoms with Crippen molar-refractivity contribution in [3.05, 3.63) is 12.2 Å². The first-order valence-corrected chi connectivity index (χ1v) is 5.19. The van der Waals surface area contributed by atoms with Crippen LogP contribution in [0.3, 0.4) is 0 Å². The molecule has 0 saturated carbocycles. The molecule has 1 N–H and O–H groups in total. The highest BCUT2D eigenvalue weighted by Crippen LogP contribution is 2.35. The van der Waals surface area contributed by atoms with E-state index in [9.17, 15) is 9.59 Å². The molecule has 0 fully saturated rings. The van der Waals surface area contributed by atoms with E-state index < -0.39 is 17.4 Å². The van der Waals surface area contributed by atoms with Gasteiger partial charge in [-0.05, 0) is 19.3 Å². The molecule has 0 radical (unpaired) electrons. The van der Waals surface area contributed by atoms with Crippen LogP contribution in [0.5, 0.6) is 0 Å². The molecule has 0 aromatic carbocycles. The maximum atomic E-state index is 11.6. The Morgan fingerprint density at radius 1 is 1.40 bits per heavy atom. The number of carbonyl (C=O) groups is 2. The fourth-order valence-electron chi connectivity index (χ4n) is 1.53. The number of esters is 1. The topological polar surface area (TPSA) is 63.6 Å². The molecular formula is C11H16O4. The largest absolute Gasteiger partial charge is 0.480 e. The summed E-state index contributed by atoms with van der Waals surface area (Å²) < 4.78 is 4.97. The molecule has 0 aliphatic heterocycles. The van der Waals surface area contributed by atoms with Crippen molar-refractivity contribution in [1.82, 2.24) is 0 Å². The van der Waals surface area contributed by atoms with Crippen LogP contribution in [-0.4, -0.2) is 23.7 Å². The van der Waals surface area contributed by atoms with E-state index in [0.29, 0.717) is 6.61 Å². The van der Waals surface area contributed by atoms with E-state index in [0.717, 1.165) is 12.8 Å². The zero-order valence-electron chi connectivity index (χ0n) is 8.86. The lowest BCUT2D eigenvalue weighted by molar-refractivity contribution is -0.168. The highest BCUT2D eigenvalue weighted by Gasteiger charge is 2.47. The molecule has 0 aromatic heterocycles. The van der Waals surface area contributed by atoms with Gasteiger partial charge in [0, 0.05) is 0 Å². The van der Waals surface area contributed by atoms with Crippen LogP contribution in [-0.2, 0) is 14.3 Å². The van der Waals surface area contributed by atoms with E-state index in [1.165, 1.54) is 0 Å². The molecule has 0 saturated heterocycles. The summed E-state index contributed by atoms with van der Waals surface area (Å²) in [5, 5.41) is 9.05. The van der Waals surface area contributed by atoms with Gasteiger partial charge in [-0.2, -0.15) is 0 Å². The van der Waals surface area contributed by atoms with Crippen LogP contribution in [0.2, 0.25) is 0 Å². The monoisotopic (exact) mass is 212 g/mol. The van der Waals surface area contributed by atoms with Crippen LogP contribution in [0, 0.1) is 5.41 Å². The van der Waals surface area contributed by atoms with Crippen LogP contribution < -0.4 is 0 Å². The number of hydrogen-bond acceptors (Lipinski definition) is 3. The molecule has 0 amide bonds. The van der Waals surface area contributed by atoms with Crippen LogP contribution in [0.25, 0.3) is 0 Å². The molecule has 0 atom stereocenters. The number of aliphatic carboxylic acids is 1. The van der Waals surface area contributed by atoms with Gasteiger partial charge in [0.1, 0.15) is 0 Å². The minimum atomic E-state index is -1.35. The molecule has 1 rings (SSSR count). The molecule has 4 nitrogen and oxygen atoms in total. The maximum absolute atomic E-state index is 11.6. The number of carbonyl (C=O) groups excluding carboxylic acids is 1. The van der Waals surface area contributed by atoms with Gasteiger partial charge in [-0.3, -0.25) is 9.59 Å². The minimum absolute atomic E-state index is 0.243. The summed E-state index contributed by atoms with van der Waals surface area (Å²) in [5.41, 5.74) is -1.35. The molecule has 84 valence electrons. The lowest BCUT2D eigenvalue weighted by Gasteiger charge is -2.21. The zero-order valence-corrected chi connectivity index (χ0v) is 8.86. The number of hydrogen-bond donors (Lipinski definition) is 1. The van der Waals surface area contributed by atoms with E-state index in [1.54, 1.807) is 12.2 Å². The standard InChI is InChI=1S/C11H16O4/c1-2-3-8-15-10(14)11(9(12)13)6-4-5-7-11/h4-5H,2-3,6-8H2,1H3,(H,12,13). The molecule has 0 aromatic rings. The molecule has 15 heavy (non-hydrogen) atoms. The fourth-order valence-corrected chi connectivity index (χ4v) is 1.53. The Labute approximate surface area is 88.9 Å². The Bertz CT molecular complexity index is 272. The summed E-state index contributed by atoms with van der Waals surface area (Å²) in [7, 11) is 0. The molecule has 0 spiro atoms. The van der Waals surface area contributed by atoms with E-state index in [2.05, 4.69) is 0 Å². The van der Waals surface area contributed by atoms with Gasteiger partial charge in [-0.25, -0.2) is 0 Å². The second-order valence-corrected chi connectivity index (χ2v) is 3.76. The van der Waals surface area contributed by atoms with Gasteiger partial charge < -0.3 is 9.84 Å². The molecule has 0 bridgehead atoms. The van der Waals surface area contributed by atoms with Crippen molar-refractivity contribution in [2.24, 2.45) is 5.41 Å². The van der Waals surface area contributed by atoms with Crippen molar-refractivity contribution in [3.8, 4) is 0 Å². The van der Waals surface area contributed by atoms with E-state index in [-0.39, 0.29) is 12.8 Å². The Morgan fingerprint density at radius 3 is 2.47 bits per heavy atom. The Kier molecular flexibility index (Phi) is 3.88. The lowest BCUT2D eigenvalue weighted by Crippen LogP contribution is -2.38. The Hall–Kier alpha value is -1.32. The summed E-state index contributed by atoms with van der Waals surface area (Å²) >= 11 is 0. The highest BCUT2D eigenvalue weighted by atomic mass is 16.5. The van der Waals surface area contributed by atoms with Crippen molar-refractivity contribution in [1.29, 1.82) is 0 Å². The van der Waals surface area contributed by atoms with Gasteiger partial charge in [0.05, 0.1) is 6.61 Å². The maximum Gasteiger partial charge on any atom is 0.324 e. The van der Waals surface area contributed by atoms with Gasteiger partial charge in [-0.1, -0.05) is 25.5 Å². The van der Waals surface area contributed by atoms with Crippen molar-refractivity contribution in [2.45, 2.75) is 32.6 Å². The molecular weight excluding hydrogens is 196 g/mol. The van der Waals surface area contributed by atoms with E-state index >= 15 is 0 Å². The van der Waals surface area contributed by atoms with Crippen molar-refractivity contribution in [2.75, 3.05) is 6.61 Å². The van der Waals surface area contributed by atoms with Crippen molar-refractivity contribution < 1.29 is 19.4 Å². The van der Waals surface area contributed by atoms with E-state index in [1.807, 2.05) is 6.92 Å². The number of allylic oxidation sites excluding steroid dienone is 2. The van der Waals surface area contributed by atoms with E-state index in [4.69, 9.17) is 9.84 Å². The fraction of sp³-hybridized carbons (Fsp3) is 0.636. The zero-order chi connectivity index (χ0) is 11.3. The molecule has 0 heterocycles. The second kappa shape index (κ2) is 4.96. The third kappa shape index (κ3) is 2.37. The minimum Gasteiger partial charge on any atom is -0.480 e. The van der Waals surface area contributed by atoms with Gasteiger partial charge in [-0.15, -0.1) is 0 Å². The average molecular weight is 212 g/mol. The first-order chi connectivity index (χ1) is 7.13. The number of carboxylic acid groups (broad SMARTS) is 1. The van der Waals surface area contributed by atoms with Crippen LogP contribution >= 0.6 is 0 Å². The highest BCUT2D eigenvalue weighted by molar-refractivity contribution is 6.00. The summed E-state index contributed by atoms with van der Waals surface area (Å²) in [6.07, 6.45) is 5.62. The number of carboxylic acids is 1. The molecule has 1 aliphatic rings. The molecule has 0 unspecified atom stereocenters. The Balaban J connectivity index is 2.57. The second-order valence-electron chi connectivity index (χ2n) is 3.76. The number of rotatable bonds is 5. The number of ether oxygens (including phenoxy) is 1. The van der Waals surface area contributed by atoms with Gasteiger partial charge >= 0.3 is 11.9 Å². The van der Waals surface area contributed by atoms with Crippen molar-refractivity contribution >= 4 is 11.9 Å².